The second-order valence-corrected chi connectivity index (χ2v) is 3.28. The van der Waals surface area contributed by atoms with Crippen molar-refractivity contribution < 1.29 is 14.7 Å². The van der Waals surface area contributed by atoms with Gasteiger partial charge in [0, 0.05) is 17.9 Å². The summed E-state index contributed by atoms with van der Waals surface area (Å²) >= 11 is 1.44. The van der Waals surface area contributed by atoms with Crippen molar-refractivity contribution in [2.24, 2.45) is 4.99 Å². The van der Waals surface area contributed by atoms with Crippen LogP contribution < -0.4 is 5.32 Å². The van der Waals surface area contributed by atoms with Crippen LogP contribution in [0.15, 0.2) is 17.1 Å². The maximum absolute atomic E-state index is 10.9. The largest absolute Gasteiger partial charge is 0.478 e. The fourth-order valence-electron chi connectivity index (χ4n) is 0.705. The van der Waals surface area contributed by atoms with Gasteiger partial charge in [0.2, 0.25) is 5.91 Å². The average molecular weight is 200 g/mol. The summed E-state index contributed by atoms with van der Waals surface area (Å²) in [6, 6.07) is 0. The maximum Gasteiger partial charge on any atom is 0.328 e. The molecular weight excluding hydrogens is 192 g/mol. The van der Waals surface area contributed by atoms with Crippen molar-refractivity contribution in [2.45, 2.75) is 0 Å². The predicted molar refractivity (Wildman–Crippen MR) is 49.7 cm³/mol. The van der Waals surface area contributed by atoms with Crippen molar-refractivity contribution in [3.8, 4) is 0 Å². The number of nitrogens with one attached hydrogen (secondary N) is 1. The summed E-state index contributed by atoms with van der Waals surface area (Å²) in [5.74, 6) is -0.746. The number of carboxylic acid groups (broad SMARTS) is 1. The Morgan fingerprint density at radius 1 is 1.54 bits per heavy atom. The second-order valence-electron chi connectivity index (χ2n) is 2.20. The van der Waals surface area contributed by atoms with Gasteiger partial charge >= 0.3 is 5.97 Å². The van der Waals surface area contributed by atoms with Crippen molar-refractivity contribution in [3.63, 3.8) is 0 Å². The Balaban J connectivity index is 2.36. The normalized spacial score (nSPS) is 15.8. The standard InChI is InChI=1S/C7H8N2O3S/c10-5(1-2-6(11)12)9-7-8-3-4-13-7/h1-2H,3-4H2,(H,11,12)(H,8,9,10). The molecule has 0 saturated heterocycles. The molecule has 0 radical (unpaired) electrons. The van der Waals surface area contributed by atoms with Crippen molar-refractivity contribution in [1.29, 1.82) is 0 Å². The molecule has 0 unspecified atom stereocenters. The minimum Gasteiger partial charge on any atom is -0.478 e. The predicted octanol–water partition coefficient (Wildman–Crippen LogP) is -0.154. The molecule has 1 amide bonds. The highest BCUT2D eigenvalue weighted by molar-refractivity contribution is 8.14. The summed E-state index contributed by atoms with van der Waals surface area (Å²) < 4.78 is 0. The first-order valence-electron chi connectivity index (χ1n) is 3.58. The molecule has 0 aromatic heterocycles. The molecule has 0 aromatic rings. The van der Waals surface area contributed by atoms with Crippen LogP contribution in [-0.2, 0) is 9.59 Å². The third-order valence-electron chi connectivity index (χ3n) is 1.19. The third-order valence-corrected chi connectivity index (χ3v) is 2.08. The van der Waals surface area contributed by atoms with E-state index < -0.39 is 11.9 Å². The molecule has 0 saturated carbocycles. The smallest absolute Gasteiger partial charge is 0.328 e. The van der Waals surface area contributed by atoms with Crippen LogP contribution in [0.2, 0.25) is 0 Å². The van der Waals surface area contributed by atoms with Gasteiger partial charge in [-0.05, 0) is 0 Å². The summed E-state index contributed by atoms with van der Waals surface area (Å²) in [7, 11) is 0. The van der Waals surface area contributed by atoms with Gasteiger partial charge in [-0.25, -0.2) is 4.79 Å². The summed E-state index contributed by atoms with van der Waals surface area (Å²) in [6.45, 7) is 0.697. The van der Waals surface area contributed by atoms with E-state index in [1.54, 1.807) is 0 Å². The zero-order valence-corrected chi connectivity index (χ0v) is 7.50. The number of carbonyl (C=O) groups is 2. The van der Waals surface area contributed by atoms with Gasteiger partial charge in [0.1, 0.15) is 0 Å². The second kappa shape index (κ2) is 4.66. The number of carbonyl (C=O) groups excluding carboxylic acids is 1. The first-order valence-corrected chi connectivity index (χ1v) is 4.56. The van der Waals surface area contributed by atoms with Crippen LogP contribution in [0, 0.1) is 0 Å². The summed E-state index contributed by atoms with van der Waals surface area (Å²) in [4.78, 5) is 25.0. The van der Waals surface area contributed by atoms with Crippen molar-refractivity contribution in [3.05, 3.63) is 12.2 Å². The number of aliphatic carboxylic acids is 1. The Bertz CT molecular complexity index is 285. The zero-order chi connectivity index (χ0) is 9.68. The lowest BCUT2D eigenvalue weighted by molar-refractivity contribution is -0.131. The van der Waals surface area contributed by atoms with E-state index in [4.69, 9.17) is 5.11 Å². The van der Waals surface area contributed by atoms with E-state index >= 15 is 0 Å². The fraction of sp³-hybridized carbons (Fsp3) is 0.286. The number of nitrogens with zero attached hydrogens (tertiary/aromatic N) is 1. The van der Waals surface area contributed by atoms with E-state index in [2.05, 4.69) is 10.3 Å². The lowest BCUT2D eigenvalue weighted by atomic mass is 10.5. The Labute approximate surface area is 78.9 Å². The molecule has 1 rings (SSSR count). The van der Waals surface area contributed by atoms with Gasteiger partial charge in [-0.1, -0.05) is 11.8 Å². The summed E-state index contributed by atoms with van der Waals surface area (Å²) in [6.07, 6.45) is 1.75. The van der Waals surface area contributed by atoms with Crippen LogP contribution in [0.25, 0.3) is 0 Å². The average Bonchev–Trinajstić information content (AvgIpc) is 2.53. The van der Waals surface area contributed by atoms with Crippen LogP contribution in [0.5, 0.6) is 0 Å². The van der Waals surface area contributed by atoms with E-state index in [-0.39, 0.29) is 0 Å². The van der Waals surface area contributed by atoms with E-state index in [9.17, 15) is 9.59 Å². The highest BCUT2D eigenvalue weighted by Gasteiger charge is 2.08. The first-order chi connectivity index (χ1) is 6.18. The fourth-order valence-corrected chi connectivity index (χ4v) is 1.44. The molecule has 0 spiro atoms. The molecule has 1 aliphatic rings. The van der Waals surface area contributed by atoms with Crippen LogP contribution in [0.4, 0.5) is 0 Å². The molecule has 0 aliphatic carbocycles. The van der Waals surface area contributed by atoms with E-state index in [1.165, 1.54) is 11.8 Å². The zero-order valence-electron chi connectivity index (χ0n) is 6.69. The lowest BCUT2D eigenvalue weighted by Crippen LogP contribution is -2.25. The number of hydrogen-bond donors (Lipinski definition) is 2. The lowest BCUT2D eigenvalue weighted by Gasteiger charge is -1.97. The monoisotopic (exact) mass is 200 g/mol. The van der Waals surface area contributed by atoms with Gasteiger partial charge in [0.15, 0.2) is 5.17 Å². The van der Waals surface area contributed by atoms with Gasteiger partial charge in [-0.3, -0.25) is 9.79 Å². The van der Waals surface area contributed by atoms with Crippen molar-refractivity contribution >= 4 is 28.8 Å². The van der Waals surface area contributed by atoms with Gasteiger partial charge in [-0.15, -0.1) is 0 Å². The highest BCUT2D eigenvalue weighted by Crippen LogP contribution is 2.08. The third kappa shape index (κ3) is 3.75. The molecule has 13 heavy (non-hydrogen) atoms. The highest BCUT2D eigenvalue weighted by atomic mass is 32.2. The molecule has 70 valence electrons. The number of carboxylic acids is 1. The molecule has 1 heterocycles. The van der Waals surface area contributed by atoms with Crippen LogP contribution in [0.3, 0.4) is 0 Å². The maximum atomic E-state index is 10.9. The molecule has 2 N–H and O–H groups in total. The van der Waals surface area contributed by atoms with Crippen molar-refractivity contribution in [1.82, 2.24) is 5.32 Å². The van der Waals surface area contributed by atoms with E-state index in [0.29, 0.717) is 11.7 Å². The summed E-state index contributed by atoms with van der Waals surface area (Å²) in [5, 5.41) is 11.2. The number of amides is 1. The first kappa shape index (κ1) is 9.79. The molecular formula is C7H8N2O3S. The van der Waals surface area contributed by atoms with Gasteiger partial charge in [0.25, 0.3) is 0 Å². The minimum absolute atomic E-state index is 0.462. The molecule has 5 nitrogen and oxygen atoms in total. The Morgan fingerprint density at radius 3 is 2.85 bits per heavy atom. The number of aliphatic imine (C=N–C) groups is 1. The SMILES string of the molecule is O=C(O)C=CC(=O)NC1=NCCS1. The molecule has 6 heteroatoms. The van der Waals surface area contributed by atoms with Gasteiger partial charge in [0.05, 0.1) is 6.54 Å². The Kier molecular flexibility index (Phi) is 3.51. The molecule has 0 bridgehead atoms. The Morgan fingerprint density at radius 2 is 2.31 bits per heavy atom. The number of amidine groups is 1. The topological polar surface area (TPSA) is 78.8 Å². The van der Waals surface area contributed by atoms with Gasteiger partial charge < -0.3 is 10.4 Å². The summed E-state index contributed by atoms with van der Waals surface area (Å²) in [5.41, 5.74) is 0. The minimum atomic E-state index is -1.14. The van der Waals surface area contributed by atoms with Crippen LogP contribution in [0.1, 0.15) is 0 Å². The van der Waals surface area contributed by atoms with Crippen molar-refractivity contribution in [2.75, 3.05) is 12.3 Å². The van der Waals surface area contributed by atoms with Crippen LogP contribution >= 0.6 is 11.8 Å². The molecule has 0 atom stereocenters. The number of hydrogen-bond acceptors (Lipinski definition) is 4. The quantitative estimate of drug-likeness (QED) is 0.607. The molecule has 1 aliphatic heterocycles. The molecule has 0 aromatic carbocycles. The Hall–Kier alpha value is -1.30. The number of rotatable bonds is 2. The van der Waals surface area contributed by atoms with E-state index in [0.717, 1.165) is 17.9 Å². The van der Waals surface area contributed by atoms with Crippen LogP contribution in [-0.4, -0.2) is 34.4 Å². The number of thioether (sulfide) groups is 1. The van der Waals surface area contributed by atoms with E-state index in [1.807, 2.05) is 0 Å². The van der Waals surface area contributed by atoms with Gasteiger partial charge in [-0.2, -0.15) is 0 Å². The molecule has 0 fully saturated rings.